The van der Waals surface area contributed by atoms with Gasteiger partial charge in [0.15, 0.2) is 0 Å². The van der Waals surface area contributed by atoms with Crippen molar-refractivity contribution in [3.05, 3.63) is 65.2 Å². The van der Waals surface area contributed by atoms with E-state index in [-0.39, 0.29) is 23.5 Å². The number of likely N-dealkylation sites (N-methyl/N-ethyl adjacent to an activating group) is 1. The van der Waals surface area contributed by atoms with E-state index in [1.807, 2.05) is 36.5 Å². The Morgan fingerprint density at radius 2 is 1.85 bits per heavy atom. The second-order valence-electron chi connectivity index (χ2n) is 6.81. The fourth-order valence-electron chi connectivity index (χ4n) is 3.00. The van der Waals surface area contributed by atoms with Gasteiger partial charge in [0.1, 0.15) is 5.75 Å². The Morgan fingerprint density at radius 1 is 1.19 bits per heavy atom. The van der Waals surface area contributed by atoms with Gasteiger partial charge in [-0.2, -0.15) is 0 Å². The van der Waals surface area contributed by atoms with Crippen molar-refractivity contribution in [2.75, 3.05) is 13.6 Å². The molecule has 6 heteroatoms. The van der Waals surface area contributed by atoms with Gasteiger partial charge in [0.05, 0.1) is 11.5 Å². The minimum atomic E-state index is -0.421. The summed E-state index contributed by atoms with van der Waals surface area (Å²) in [6.07, 6.45) is 12.8. The van der Waals surface area contributed by atoms with Crippen molar-refractivity contribution in [1.82, 2.24) is 10.2 Å². The monoisotopic (exact) mass is 372 g/mol. The predicted octanol–water partition coefficient (Wildman–Crippen LogP) is 3.06. The number of phenolic OH excluding ortho intramolecular Hbond substituents is 1. The van der Waals surface area contributed by atoms with Crippen LogP contribution in [-0.4, -0.2) is 41.0 Å². The minimum absolute atomic E-state index is 0.0119. The molecular weight excluding hydrogens is 352 g/mol. The summed E-state index contributed by atoms with van der Waals surface area (Å²) >= 11 is 5.90. The number of carbonyl (C=O) groups is 2. The average Bonchev–Trinajstić information content (AvgIpc) is 3.37. The molecule has 0 spiro atoms. The number of allylic oxidation sites excluding steroid dienone is 4. The third-order valence-electron chi connectivity index (χ3n) is 4.55. The lowest BCUT2D eigenvalue weighted by Crippen LogP contribution is -2.47. The Balaban J connectivity index is 1.63. The summed E-state index contributed by atoms with van der Waals surface area (Å²) in [5, 5.41) is 12.9. The summed E-state index contributed by atoms with van der Waals surface area (Å²) in [4.78, 5) is 26.8. The van der Waals surface area contributed by atoms with Crippen molar-refractivity contribution in [3.63, 3.8) is 0 Å². The quantitative estimate of drug-likeness (QED) is 0.834. The molecule has 0 aromatic heterocycles. The number of carbonyl (C=O) groups excluding carboxylic acids is 2. The topological polar surface area (TPSA) is 69.6 Å². The zero-order valence-corrected chi connectivity index (χ0v) is 15.2. The van der Waals surface area contributed by atoms with Crippen LogP contribution >= 0.6 is 11.6 Å². The summed E-state index contributed by atoms with van der Waals surface area (Å²) in [6, 6.07) is 4.26. The summed E-state index contributed by atoms with van der Waals surface area (Å²) in [5.74, 6) is -0.673. The molecule has 2 aliphatic carbocycles. The maximum atomic E-state index is 12.6. The first-order chi connectivity index (χ1) is 12.4. The fraction of sp³-hybridized carbons (Fsp3) is 0.300. The van der Waals surface area contributed by atoms with Crippen LogP contribution in [0.5, 0.6) is 5.75 Å². The van der Waals surface area contributed by atoms with Gasteiger partial charge in [-0.15, -0.1) is 0 Å². The van der Waals surface area contributed by atoms with E-state index in [4.69, 9.17) is 11.6 Å². The van der Waals surface area contributed by atoms with Gasteiger partial charge in [0, 0.05) is 24.2 Å². The number of aromatic hydroxyl groups is 1. The molecule has 136 valence electrons. The predicted molar refractivity (Wildman–Crippen MR) is 101 cm³/mol. The van der Waals surface area contributed by atoms with Gasteiger partial charge in [-0.1, -0.05) is 48.1 Å². The lowest BCUT2D eigenvalue weighted by atomic mass is 10.1. The molecule has 1 saturated carbocycles. The van der Waals surface area contributed by atoms with Gasteiger partial charge in [0.25, 0.3) is 5.91 Å². The van der Waals surface area contributed by atoms with Gasteiger partial charge in [-0.05, 0) is 31.0 Å². The molecule has 2 N–H and O–H groups in total. The second-order valence-corrected chi connectivity index (χ2v) is 7.24. The van der Waals surface area contributed by atoms with Crippen LogP contribution in [0, 0.1) is 5.92 Å². The third kappa shape index (κ3) is 4.35. The highest BCUT2D eigenvalue weighted by atomic mass is 35.5. The van der Waals surface area contributed by atoms with Crippen molar-refractivity contribution >= 4 is 23.4 Å². The Bertz CT molecular complexity index is 773. The number of hydrogen-bond donors (Lipinski definition) is 2. The highest BCUT2D eigenvalue weighted by Crippen LogP contribution is 2.37. The lowest BCUT2D eigenvalue weighted by molar-refractivity contribution is -0.131. The number of benzene rings is 1. The Labute approximate surface area is 157 Å². The highest BCUT2D eigenvalue weighted by Gasteiger charge is 2.46. The zero-order valence-electron chi connectivity index (χ0n) is 14.5. The van der Waals surface area contributed by atoms with Crippen molar-refractivity contribution in [2.45, 2.75) is 18.4 Å². The maximum Gasteiger partial charge on any atom is 0.251 e. The Hall–Kier alpha value is -2.53. The molecule has 0 unspecified atom stereocenters. The number of rotatable bonds is 5. The van der Waals surface area contributed by atoms with Crippen molar-refractivity contribution in [2.24, 2.45) is 5.92 Å². The van der Waals surface area contributed by atoms with E-state index in [1.54, 1.807) is 11.9 Å². The van der Waals surface area contributed by atoms with E-state index in [0.717, 1.165) is 12.8 Å². The summed E-state index contributed by atoms with van der Waals surface area (Å²) in [5.41, 5.74) is -0.119. The number of nitrogens with zero attached hydrogens (tertiary/aromatic N) is 1. The molecule has 1 aromatic rings. The van der Waals surface area contributed by atoms with E-state index < -0.39 is 5.54 Å². The van der Waals surface area contributed by atoms with Gasteiger partial charge >= 0.3 is 0 Å². The molecule has 2 amide bonds. The summed E-state index contributed by atoms with van der Waals surface area (Å²) in [6.45, 7) is 0.440. The molecule has 5 nitrogen and oxygen atoms in total. The van der Waals surface area contributed by atoms with Crippen LogP contribution in [0.2, 0.25) is 5.02 Å². The maximum absolute atomic E-state index is 12.6. The number of nitrogens with one attached hydrogen (secondary N) is 1. The molecule has 3 rings (SSSR count). The largest absolute Gasteiger partial charge is 0.508 e. The molecule has 1 fully saturated rings. The molecule has 26 heavy (non-hydrogen) atoms. The molecule has 2 aliphatic rings. The van der Waals surface area contributed by atoms with Gasteiger partial charge in [-0.3, -0.25) is 9.59 Å². The first-order valence-corrected chi connectivity index (χ1v) is 8.85. The summed E-state index contributed by atoms with van der Waals surface area (Å²) < 4.78 is 0. The molecular formula is C20H21ClN2O3. The smallest absolute Gasteiger partial charge is 0.251 e. The van der Waals surface area contributed by atoms with Crippen LogP contribution in [0.1, 0.15) is 23.2 Å². The zero-order chi connectivity index (χ0) is 18.7. The van der Waals surface area contributed by atoms with E-state index in [9.17, 15) is 14.7 Å². The number of amides is 2. The van der Waals surface area contributed by atoms with E-state index >= 15 is 0 Å². The fourth-order valence-corrected chi connectivity index (χ4v) is 3.23. The van der Waals surface area contributed by atoms with E-state index in [2.05, 4.69) is 5.32 Å². The van der Waals surface area contributed by atoms with Crippen LogP contribution in [0.3, 0.4) is 0 Å². The van der Waals surface area contributed by atoms with Crippen LogP contribution in [-0.2, 0) is 4.79 Å². The second kappa shape index (κ2) is 7.38. The first kappa shape index (κ1) is 18.3. The molecule has 0 atom stereocenters. The Kier molecular flexibility index (Phi) is 5.18. The van der Waals surface area contributed by atoms with Crippen LogP contribution in [0.4, 0.5) is 0 Å². The number of halogens is 1. The van der Waals surface area contributed by atoms with E-state index in [0.29, 0.717) is 17.1 Å². The standard InChI is InChI=1S/C20H21ClN2O3/c1-23(19(26)14-6-4-2-3-5-7-14)13-20(8-9-20)22-18(25)15-10-16(21)12-17(24)11-15/h2-7,10-12,14,24H,8-9,13H2,1H3,(H,22,25). The van der Waals surface area contributed by atoms with E-state index in [1.165, 1.54) is 18.2 Å². The lowest BCUT2D eigenvalue weighted by Gasteiger charge is -2.26. The molecule has 0 radical (unpaired) electrons. The van der Waals surface area contributed by atoms with Crippen LogP contribution in [0.25, 0.3) is 0 Å². The summed E-state index contributed by atoms with van der Waals surface area (Å²) in [7, 11) is 1.75. The van der Waals surface area contributed by atoms with Crippen LogP contribution < -0.4 is 5.32 Å². The molecule has 0 bridgehead atoms. The SMILES string of the molecule is CN(CC1(NC(=O)c2cc(O)cc(Cl)c2)CC1)C(=O)C1C=CC=CC=C1. The van der Waals surface area contributed by atoms with Gasteiger partial charge in [-0.25, -0.2) is 0 Å². The molecule has 0 heterocycles. The van der Waals surface area contributed by atoms with Crippen molar-refractivity contribution < 1.29 is 14.7 Å². The van der Waals surface area contributed by atoms with Crippen molar-refractivity contribution in [1.29, 1.82) is 0 Å². The van der Waals surface area contributed by atoms with Gasteiger partial charge < -0.3 is 15.3 Å². The van der Waals surface area contributed by atoms with Crippen LogP contribution in [0.15, 0.2) is 54.7 Å². The average molecular weight is 373 g/mol. The molecule has 0 saturated heterocycles. The number of hydrogen-bond acceptors (Lipinski definition) is 3. The normalized spacial score (nSPS) is 17.6. The van der Waals surface area contributed by atoms with Crippen molar-refractivity contribution in [3.8, 4) is 5.75 Å². The number of phenols is 1. The first-order valence-electron chi connectivity index (χ1n) is 8.47. The molecule has 1 aromatic carbocycles. The molecule has 0 aliphatic heterocycles. The highest BCUT2D eigenvalue weighted by molar-refractivity contribution is 6.31. The minimum Gasteiger partial charge on any atom is -0.508 e. The Morgan fingerprint density at radius 3 is 2.42 bits per heavy atom. The van der Waals surface area contributed by atoms with Gasteiger partial charge in [0.2, 0.25) is 5.91 Å². The third-order valence-corrected chi connectivity index (χ3v) is 4.77.